The first kappa shape index (κ1) is 115. The number of imide groups is 1. The van der Waals surface area contributed by atoms with Gasteiger partial charge in [0.25, 0.3) is 11.8 Å². The first-order chi connectivity index (χ1) is 65.2. The number of aliphatic hydroxyl groups excluding tert-OH is 5. The van der Waals surface area contributed by atoms with Crippen LogP contribution in [0.2, 0.25) is 0 Å². The first-order valence-corrected chi connectivity index (χ1v) is 49.3. The average Bonchev–Trinajstić information content (AvgIpc) is 0.971. The van der Waals surface area contributed by atoms with Gasteiger partial charge in [0.05, 0.1) is 203 Å². The van der Waals surface area contributed by atoms with Crippen LogP contribution in [0.5, 0.6) is 17.2 Å². The zero-order chi connectivity index (χ0) is 99.0. The molecule has 42 nitrogen and oxygen atoms in total. The molecule has 19 atom stereocenters. The third-order valence-electron chi connectivity index (χ3n) is 22.5. The Labute approximate surface area is 817 Å². The topological polar surface area (TPSA) is 518 Å². The summed E-state index contributed by atoms with van der Waals surface area (Å²) >= 11 is 2.22. The quantitative estimate of drug-likeness (QED) is 0.00643. The lowest BCUT2D eigenvalue weighted by molar-refractivity contribution is -0.337. The lowest BCUT2D eigenvalue weighted by Crippen LogP contribution is -2.65. The minimum Gasteiger partial charge on any atom is -0.492 e. The molecule has 0 spiro atoms. The van der Waals surface area contributed by atoms with E-state index in [0.29, 0.717) is 115 Å². The number of halogens is 1. The van der Waals surface area contributed by atoms with Gasteiger partial charge in [0.2, 0.25) is 35.7 Å². The minimum atomic E-state index is -2.23. The van der Waals surface area contributed by atoms with Gasteiger partial charge in [-0.25, -0.2) is 4.79 Å². The number of alkyl carbamates (subject to hydrolysis) is 1. The van der Waals surface area contributed by atoms with E-state index in [9.17, 15) is 69.0 Å². The van der Waals surface area contributed by atoms with Crippen LogP contribution < -0.4 is 41.0 Å². The highest BCUT2D eigenvalue weighted by Gasteiger charge is 2.53. The molecule has 8 rings (SSSR count). The number of hydrogen-bond acceptors (Lipinski definition) is 37. The first-order valence-electron chi connectivity index (χ1n) is 45.0. The van der Waals surface area contributed by atoms with Crippen molar-refractivity contribution in [1.82, 2.24) is 36.5 Å². The van der Waals surface area contributed by atoms with Gasteiger partial charge in [-0.05, 0) is 95.2 Å². The summed E-state index contributed by atoms with van der Waals surface area (Å²) in [5.74, 6) is 9.30. The molecular weight excluding hydrogens is 1960 g/mol. The fraction of sp³-hybridized carbons (Fsp3) is 0.700. The fourth-order valence-corrected chi connectivity index (χ4v) is 19.6. The minimum absolute atomic E-state index is 0.0172. The Hall–Kier alpha value is -6.65. The lowest BCUT2D eigenvalue weighted by Gasteiger charge is -2.47. The Morgan fingerprint density at radius 3 is 1.82 bits per heavy atom. The van der Waals surface area contributed by atoms with Crippen LogP contribution in [-0.2, 0) is 119 Å². The van der Waals surface area contributed by atoms with E-state index in [-0.39, 0.29) is 164 Å². The molecule has 0 radical (unpaired) electrons. The van der Waals surface area contributed by atoms with Crippen LogP contribution in [0, 0.1) is 34.2 Å². The van der Waals surface area contributed by atoms with Crippen molar-refractivity contribution in [2.24, 2.45) is 0 Å². The van der Waals surface area contributed by atoms with E-state index in [1.165, 1.54) is 81.3 Å². The van der Waals surface area contributed by atoms with E-state index in [4.69, 9.17) is 99.6 Å². The van der Waals surface area contributed by atoms with Crippen LogP contribution in [0.15, 0.2) is 47.2 Å². The monoisotopic (exact) mass is 2100 g/mol. The van der Waals surface area contributed by atoms with E-state index in [1.54, 1.807) is 38.7 Å². The second kappa shape index (κ2) is 59.3. The Balaban J connectivity index is 0.778. The number of aliphatic hydroxyl groups is 6. The van der Waals surface area contributed by atoms with Gasteiger partial charge in [-0.15, -0.1) is 0 Å². The molecule has 2 aliphatic carbocycles. The highest BCUT2D eigenvalue weighted by atomic mass is 127. The van der Waals surface area contributed by atoms with Gasteiger partial charge in [0.1, 0.15) is 41.7 Å². The molecule has 0 aromatic heterocycles. The Bertz CT molecular complexity index is 4330. The van der Waals surface area contributed by atoms with E-state index in [2.05, 4.69) is 50.4 Å². The molecule has 46 heteroatoms. The van der Waals surface area contributed by atoms with Gasteiger partial charge in [-0.3, -0.25) is 48.6 Å². The van der Waals surface area contributed by atoms with E-state index >= 15 is 0 Å². The summed E-state index contributed by atoms with van der Waals surface area (Å²) in [7, 11) is 9.49. The Morgan fingerprint density at radius 1 is 0.676 bits per heavy atom. The molecule has 4 saturated heterocycles. The second-order valence-corrected chi connectivity index (χ2v) is 38.0. The third-order valence-corrected chi connectivity index (χ3v) is 28.5. The van der Waals surface area contributed by atoms with Gasteiger partial charge in [-0.2, -0.15) is 16.8 Å². The predicted octanol–water partition coefficient (Wildman–Crippen LogP) is 1.55. The average molecular weight is 2100 g/mol. The highest BCUT2D eigenvalue weighted by Crippen LogP contribution is 2.49. The molecule has 0 saturated carbocycles. The molecule has 7 amide bonds. The summed E-state index contributed by atoms with van der Waals surface area (Å²) in [6.07, 6.45) is -12.6. The van der Waals surface area contributed by atoms with Crippen molar-refractivity contribution in [2.75, 3.05) is 186 Å². The number of thiol groups is 1. The molecular formula is C90H134IN7O35S3. The van der Waals surface area contributed by atoms with Crippen molar-refractivity contribution >= 4 is 108 Å². The number of likely N-dealkylation sites (N-methyl/N-ethyl adjacent to an activating group) is 1. The van der Waals surface area contributed by atoms with Crippen molar-refractivity contribution in [1.29, 1.82) is 0 Å². The maximum absolute atomic E-state index is 14.6. The van der Waals surface area contributed by atoms with Gasteiger partial charge in [-0.1, -0.05) is 51.3 Å². The number of carbonyl (C=O) groups excluding carboxylic acids is 8. The summed E-state index contributed by atoms with van der Waals surface area (Å²) < 4.78 is 117. The predicted molar refractivity (Wildman–Crippen MR) is 503 cm³/mol. The van der Waals surface area contributed by atoms with Crippen LogP contribution in [0.1, 0.15) is 105 Å². The molecule has 2 bridgehead atoms. The van der Waals surface area contributed by atoms with Crippen molar-refractivity contribution < 1.29 is 169 Å². The van der Waals surface area contributed by atoms with Crippen molar-refractivity contribution in [2.45, 2.75) is 220 Å². The molecule has 764 valence electrons. The molecule has 5 aliphatic heterocycles. The second-order valence-electron chi connectivity index (χ2n) is 32.6. The number of carbonyl (C=O) groups is 8. The summed E-state index contributed by atoms with van der Waals surface area (Å²) in [6, 6.07) is -1.73. The van der Waals surface area contributed by atoms with Gasteiger partial charge in [0.15, 0.2) is 41.8 Å². The molecule has 4 fully saturated rings. The Morgan fingerprint density at radius 2 is 1.25 bits per heavy atom. The number of benzene rings is 1. The molecule has 5 heterocycles. The van der Waals surface area contributed by atoms with E-state index < -0.39 is 150 Å². The number of methoxy groups -OCH3 is 5. The lowest BCUT2D eigenvalue weighted by atomic mass is 9.75. The van der Waals surface area contributed by atoms with Crippen LogP contribution in [0.3, 0.4) is 0 Å². The maximum atomic E-state index is 14.6. The molecule has 0 unspecified atom stereocenters. The van der Waals surface area contributed by atoms with Gasteiger partial charge < -0.3 is 146 Å². The SMILES string of the molecule is CCN(C(C)=O)[C@H]1CO[C@@H](O[C@H]2[C@H](O[C@H]3C#CC=CC#C[C@]4(O)CC(=O)C(NC(=O)OC)=C3C4=CCSSC(C)(C)CCC(=O)NCCNC(=O)CCOCCOCCOCCOCCOCCOCCOCCOCCNC(=O)CCN3C(=O)C=CC3=O)O[C@H](C)[C@@H](NO[C@H]3C[C@H](O)[C@H]([SH]=C(O)c4c(C)c(I)c(O[C@@H]5O[C@@H](C)[C@H](O)[C@@H](OC)[C@H]5O)c(OC)c4OC)[C@@H](C)O3)[C@@H]2O)C[C@@H]1OC. The number of hydrogen-bond donors (Lipinski definition) is 12. The van der Waals surface area contributed by atoms with Gasteiger partial charge >= 0.3 is 6.09 Å². The largest absolute Gasteiger partial charge is 0.492 e. The van der Waals surface area contributed by atoms with E-state index in [1.807, 2.05) is 43.4 Å². The zero-order valence-corrected chi connectivity index (χ0v) is 83.7. The zero-order valence-electron chi connectivity index (χ0n) is 79.1. The number of nitrogens with one attached hydrogen (secondary N) is 5. The van der Waals surface area contributed by atoms with Crippen molar-refractivity contribution in [3.05, 3.63) is 61.9 Å². The number of Topliss-reactive ketones (excluding diaryl/α,β-unsaturated/α-hetero) is 1. The number of amides is 7. The molecule has 7 aliphatic rings. The number of hydroxylamine groups is 1. The van der Waals surface area contributed by atoms with Crippen molar-refractivity contribution in [3.8, 4) is 40.9 Å². The molecule has 11 N–H and O–H groups in total. The van der Waals surface area contributed by atoms with Crippen molar-refractivity contribution in [3.63, 3.8) is 0 Å². The molecule has 1 aromatic carbocycles. The standard InChI is InChI=1S/C90H134IN7O35S3/c1-14-97(57(6)99)59-52-126-69(50-63(59)113-9)131-82-77(108)74(96-133-70-49-60(100)84(56(5)127-70)135-85(110)71-53(2)73(91)80(83(116-12)79(71)114-10)132-86-78(109)81(115-11)76(107)55(4)129-86)54(3)128-87(82)130-62-19-17-15-16-18-26-90(112)51-61(101)75(95-88(111)117-13)72(62)58(90)25-48-134-136-89(7,8)27-22-64(102)92-28-29-93-66(104)24-32-118-34-36-120-38-40-122-42-44-124-46-47-125-45-43-123-41-39-121-37-35-119-33-30-94-65(103)23-31-98-67(105)20-21-68(98)106/h15-16,20-21,25,54-56,59-60,62-63,69-70,74,76-78,81-82,84,86-87,96,100,107-110,112,135H,14,22-24,27-52H2,1-13H3,(H,92,102)(H,93,104)(H,94,103)(H,95,111)/t54-,55+,56-,59+,60+,62+,63+,69+,70+,74-,76+,77+,78-,81-,82-,84-,86+,87+,90+/m1/s1. The summed E-state index contributed by atoms with van der Waals surface area (Å²) in [6.45, 7) is 20.3. The molecule has 136 heavy (non-hydrogen) atoms. The van der Waals surface area contributed by atoms with E-state index in [0.717, 1.165) is 12.0 Å². The highest BCUT2D eigenvalue weighted by molar-refractivity contribution is 14.1. The number of ether oxygens (including phenoxy) is 20. The normalized spacial score (nSPS) is 27.2. The van der Waals surface area contributed by atoms with Crippen LogP contribution in [-0.4, -0.2) is 399 Å². The van der Waals surface area contributed by atoms with Crippen LogP contribution in [0.25, 0.3) is 0 Å². The third kappa shape index (κ3) is 34.9. The molecule has 1 aromatic rings. The maximum Gasteiger partial charge on any atom is 0.411 e. The summed E-state index contributed by atoms with van der Waals surface area (Å²) in [5.41, 5.74) is 0.941. The van der Waals surface area contributed by atoms with Crippen LogP contribution in [0.4, 0.5) is 4.79 Å². The number of ketones is 1. The smallest absolute Gasteiger partial charge is 0.411 e. The summed E-state index contributed by atoms with van der Waals surface area (Å²) in [4.78, 5) is 110. The number of rotatable bonds is 58. The van der Waals surface area contributed by atoms with Gasteiger partial charge in [0, 0.05) is 120 Å². The Kier molecular flexibility index (Phi) is 50.0. The number of nitrogens with zero attached hydrogens (tertiary/aromatic N) is 2. The number of allylic oxidation sites excluding steroid dienone is 3. The fourth-order valence-electron chi connectivity index (χ4n) is 15.3. The van der Waals surface area contributed by atoms with Crippen LogP contribution >= 0.6 is 55.5 Å². The number of fused-ring (bicyclic) bond motifs is 2. The summed E-state index contributed by atoms with van der Waals surface area (Å²) in [5, 5.41) is 81.3.